The molecule has 0 radical (unpaired) electrons. The Morgan fingerprint density at radius 3 is 2.41 bits per heavy atom. The molecule has 0 saturated heterocycles. The fraction of sp³-hybridized carbons (Fsp3) is 0.333. The van der Waals surface area contributed by atoms with E-state index in [0.29, 0.717) is 22.9 Å². The van der Waals surface area contributed by atoms with Gasteiger partial charge in [0.2, 0.25) is 0 Å². The molecule has 2 aromatic rings. The number of rotatable bonds is 6. The van der Waals surface area contributed by atoms with Gasteiger partial charge in [-0.2, -0.15) is 0 Å². The summed E-state index contributed by atoms with van der Waals surface area (Å²) in [4.78, 5) is 12.3. The molecular weight excluding hydrogens is 360 g/mol. The van der Waals surface area contributed by atoms with Gasteiger partial charge in [-0.15, -0.1) is 0 Å². The molecule has 0 aromatic heterocycles. The monoisotopic (exact) mass is 386 g/mol. The van der Waals surface area contributed by atoms with E-state index in [2.05, 4.69) is 24.5 Å². The summed E-state index contributed by atoms with van der Waals surface area (Å²) < 4.78 is 5.56. The number of anilines is 1. The molecule has 0 spiro atoms. The topological polar surface area (TPSA) is 70.6 Å². The van der Waals surface area contributed by atoms with Gasteiger partial charge in [-0.1, -0.05) is 19.9 Å². The Kier molecular flexibility index (Phi) is 7.19. The fourth-order valence-corrected chi connectivity index (χ4v) is 2.68. The van der Waals surface area contributed by atoms with Crippen molar-refractivity contribution in [2.45, 2.75) is 46.1 Å². The Morgan fingerprint density at radius 1 is 1.15 bits per heavy atom. The molecule has 0 aliphatic heterocycles. The third-order valence-corrected chi connectivity index (χ3v) is 4.37. The van der Waals surface area contributed by atoms with Gasteiger partial charge in [0.1, 0.15) is 11.5 Å². The molecular formula is C21H26N2O3S. The molecule has 5 nitrogen and oxygen atoms in total. The zero-order valence-electron chi connectivity index (χ0n) is 16.1. The number of aromatic hydroxyl groups is 1. The van der Waals surface area contributed by atoms with Crippen molar-refractivity contribution in [3.8, 4) is 11.5 Å². The maximum Gasteiger partial charge on any atom is 0.257 e. The highest BCUT2D eigenvalue weighted by Crippen LogP contribution is 2.29. The minimum Gasteiger partial charge on any atom is -0.506 e. The summed E-state index contributed by atoms with van der Waals surface area (Å²) in [7, 11) is 0. The lowest BCUT2D eigenvalue weighted by Gasteiger charge is -2.15. The highest BCUT2D eigenvalue weighted by molar-refractivity contribution is 7.80. The second-order valence-electron chi connectivity index (χ2n) is 6.69. The molecule has 0 aliphatic rings. The fourth-order valence-electron chi connectivity index (χ4n) is 2.48. The second-order valence-corrected chi connectivity index (χ2v) is 7.09. The van der Waals surface area contributed by atoms with Crippen molar-refractivity contribution in [1.82, 2.24) is 5.32 Å². The van der Waals surface area contributed by atoms with E-state index >= 15 is 0 Å². The number of ether oxygens (including phenoxy) is 1. The quantitative estimate of drug-likeness (QED) is 0.490. The Morgan fingerprint density at radius 2 is 1.81 bits per heavy atom. The molecule has 0 saturated carbocycles. The van der Waals surface area contributed by atoms with E-state index in [-0.39, 0.29) is 22.9 Å². The molecule has 2 aromatic carbocycles. The van der Waals surface area contributed by atoms with Gasteiger partial charge in [-0.25, -0.2) is 0 Å². The van der Waals surface area contributed by atoms with Gasteiger partial charge in [0.05, 0.1) is 11.8 Å². The van der Waals surface area contributed by atoms with E-state index in [1.807, 2.05) is 26.0 Å². The van der Waals surface area contributed by atoms with Crippen molar-refractivity contribution in [3.63, 3.8) is 0 Å². The van der Waals surface area contributed by atoms with Crippen LogP contribution < -0.4 is 15.4 Å². The van der Waals surface area contributed by atoms with Crippen molar-refractivity contribution in [1.29, 1.82) is 0 Å². The Balaban J connectivity index is 2.02. The lowest BCUT2D eigenvalue weighted by atomic mass is 9.98. The lowest BCUT2D eigenvalue weighted by molar-refractivity contribution is 0.0977. The smallest absolute Gasteiger partial charge is 0.257 e. The minimum atomic E-state index is -0.332. The minimum absolute atomic E-state index is 0.0697. The van der Waals surface area contributed by atoms with Crippen LogP contribution in [0.15, 0.2) is 42.5 Å². The predicted octanol–water partition coefficient (Wildman–Crippen LogP) is 4.82. The SMILES string of the molecule is CC[C@@H](C)c1ccc(O)c(NC(=S)NC(=O)c2ccc(OC(C)C)cc2)c1. The molecule has 0 bridgehead atoms. The summed E-state index contributed by atoms with van der Waals surface area (Å²) in [6.45, 7) is 8.10. The third kappa shape index (κ3) is 5.96. The normalized spacial score (nSPS) is 11.7. The molecule has 1 atom stereocenters. The van der Waals surface area contributed by atoms with Crippen LogP contribution in [0.3, 0.4) is 0 Å². The maximum atomic E-state index is 12.3. The number of hydrogen-bond donors (Lipinski definition) is 3. The molecule has 0 aliphatic carbocycles. The number of hydrogen-bond acceptors (Lipinski definition) is 4. The molecule has 6 heteroatoms. The van der Waals surface area contributed by atoms with Gasteiger partial charge in [0.25, 0.3) is 5.91 Å². The van der Waals surface area contributed by atoms with E-state index in [4.69, 9.17) is 17.0 Å². The van der Waals surface area contributed by atoms with Crippen LogP contribution in [0.1, 0.15) is 56.0 Å². The highest BCUT2D eigenvalue weighted by Gasteiger charge is 2.12. The Bertz CT molecular complexity index is 804. The average Bonchev–Trinajstić information content (AvgIpc) is 2.62. The molecule has 3 N–H and O–H groups in total. The first-order valence-corrected chi connectivity index (χ1v) is 9.43. The van der Waals surface area contributed by atoms with Crippen LogP contribution in [0.5, 0.6) is 11.5 Å². The molecule has 0 heterocycles. The number of phenols is 1. The number of nitrogens with one attached hydrogen (secondary N) is 2. The average molecular weight is 387 g/mol. The summed E-state index contributed by atoms with van der Waals surface area (Å²) in [6, 6.07) is 12.2. The van der Waals surface area contributed by atoms with E-state index in [1.54, 1.807) is 30.3 Å². The summed E-state index contributed by atoms with van der Waals surface area (Å²) in [6.07, 6.45) is 1.06. The number of amides is 1. The first kappa shape index (κ1) is 20.7. The van der Waals surface area contributed by atoms with Crippen LogP contribution in [0, 0.1) is 0 Å². The van der Waals surface area contributed by atoms with Crippen LogP contribution in [0.25, 0.3) is 0 Å². The number of carbonyl (C=O) groups excluding carboxylic acids is 1. The zero-order valence-corrected chi connectivity index (χ0v) is 16.9. The summed E-state index contributed by atoms with van der Waals surface area (Å²) in [5, 5.41) is 15.7. The first-order valence-electron chi connectivity index (χ1n) is 9.02. The maximum absolute atomic E-state index is 12.3. The molecule has 144 valence electrons. The lowest BCUT2D eigenvalue weighted by Crippen LogP contribution is -2.34. The van der Waals surface area contributed by atoms with Crippen LogP contribution in [0.4, 0.5) is 5.69 Å². The Labute approximate surface area is 165 Å². The van der Waals surface area contributed by atoms with Crippen LogP contribution in [-0.4, -0.2) is 22.2 Å². The van der Waals surface area contributed by atoms with Crippen molar-refractivity contribution in [2.75, 3.05) is 5.32 Å². The van der Waals surface area contributed by atoms with Crippen molar-refractivity contribution >= 4 is 28.9 Å². The van der Waals surface area contributed by atoms with Crippen LogP contribution >= 0.6 is 12.2 Å². The van der Waals surface area contributed by atoms with Crippen molar-refractivity contribution < 1.29 is 14.6 Å². The third-order valence-electron chi connectivity index (χ3n) is 4.17. The van der Waals surface area contributed by atoms with Gasteiger partial charge >= 0.3 is 0 Å². The second kappa shape index (κ2) is 9.37. The summed E-state index contributed by atoms with van der Waals surface area (Å²) in [5.41, 5.74) is 2.03. The van der Waals surface area contributed by atoms with Crippen molar-refractivity contribution in [3.05, 3.63) is 53.6 Å². The Hall–Kier alpha value is -2.60. The number of benzene rings is 2. The van der Waals surface area contributed by atoms with Crippen LogP contribution in [0.2, 0.25) is 0 Å². The molecule has 0 fully saturated rings. The van der Waals surface area contributed by atoms with Gasteiger partial charge in [-0.3, -0.25) is 10.1 Å². The van der Waals surface area contributed by atoms with Gasteiger partial charge < -0.3 is 15.2 Å². The predicted molar refractivity (Wildman–Crippen MR) is 113 cm³/mol. The van der Waals surface area contributed by atoms with Gasteiger partial charge in [-0.05, 0) is 80.4 Å². The van der Waals surface area contributed by atoms with Crippen LogP contribution in [-0.2, 0) is 0 Å². The van der Waals surface area contributed by atoms with E-state index < -0.39 is 0 Å². The zero-order chi connectivity index (χ0) is 20.0. The summed E-state index contributed by atoms with van der Waals surface area (Å²) in [5.74, 6) is 0.810. The number of thiocarbonyl (C=S) groups is 1. The molecule has 2 rings (SSSR count). The molecule has 27 heavy (non-hydrogen) atoms. The summed E-state index contributed by atoms with van der Waals surface area (Å²) >= 11 is 5.21. The highest BCUT2D eigenvalue weighted by atomic mass is 32.1. The van der Waals surface area contributed by atoms with E-state index in [0.717, 1.165) is 12.0 Å². The number of phenolic OH excluding ortho intramolecular Hbond substituents is 1. The molecule has 0 unspecified atom stereocenters. The van der Waals surface area contributed by atoms with E-state index in [9.17, 15) is 9.90 Å². The molecule has 1 amide bonds. The van der Waals surface area contributed by atoms with Gasteiger partial charge in [0, 0.05) is 5.56 Å². The standard InChI is InChI=1S/C21H26N2O3S/c1-5-14(4)16-8-11-19(24)18(12-16)22-21(27)23-20(25)15-6-9-17(10-7-15)26-13(2)3/h6-14,24H,5H2,1-4H3,(H2,22,23,25,27)/t14-/m1/s1. The largest absolute Gasteiger partial charge is 0.506 e. The number of carbonyl (C=O) groups is 1. The van der Waals surface area contributed by atoms with Gasteiger partial charge in [0.15, 0.2) is 5.11 Å². The van der Waals surface area contributed by atoms with E-state index in [1.165, 1.54) is 0 Å². The first-order chi connectivity index (χ1) is 12.8. The van der Waals surface area contributed by atoms with Crippen molar-refractivity contribution in [2.24, 2.45) is 0 Å².